The summed E-state index contributed by atoms with van der Waals surface area (Å²) in [6.07, 6.45) is 2.64. The number of amides is 1. The minimum atomic E-state index is -0.121. The molecule has 0 aromatic rings. The lowest BCUT2D eigenvalue weighted by molar-refractivity contribution is -0.130. The summed E-state index contributed by atoms with van der Waals surface area (Å²) < 4.78 is 5.46. The molecule has 88 valence electrons. The van der Waals surface area contributed by atoms with Gasteiger partial charge in [0.25, 0.3) is 0 Å². The number of rotatable bonds is 7. The quantitative estimate of drug-likeness (QED) is 0.627. The van der Waals surface area contributed by atoms with E-state index in [1.165, 1.54) is 12.8 Å². The van der Waals surface area contributed by atoms with Crippen LogP contribution in [-0.4, -0.2) is 50.7 Å². The number of nitrogens with one attached hydrogen (secondary N) is 1. The first-order valence-electron chi connectivity index (χ1n) is 5.63. The molecule has 1 saturated carbocycles. The van der Waals surface area contributed by atoms with Crippen LogP contribution in [0.3, 0.4) is 0 Å². The maximum atomic E-state index is 11.4. The minimum Gasteiger partial charge on any atom is -0.380 e. The van der Waals surface area contributed by atoms with Crippen molar-refractivity contribution in [1.82, 2.24) is 10.2 Å². The van der Waals surface area contributed by atoms with Gasteiger partial charge in [-0.25, -0.2) is 0 Å². The van der Waals surface area contributed by atoms with E-state index in [2.05, 4.69) is 5.32 Å². The summed E-state index contributed by atoms with van der Waals surface area (Å²) >= 11 is 0. The van der Waals surface area contributed by atoms with Crippen molar-refractivity contribution in [2.75, 3.05) is 33.9 Å². The first-order valence-corrected chi connectivity index (χ1v) is 5.63. The highest BCUT2D eigenvalue weighted by atomic mass is 16.5. The molecule has 4 heteroatoms. The molecule has 0 aromatic carbocycles. The molecule has 4 nitrogen and oxygen atoms in total. The fraction of sp³-hybridized carbons (Fsp3) is 0.909. The molecular formula is C11H22N2O2. The van der Waals surface area contributed by atoms with Crippen molar-refractivity contribution in [2.45, 2.75) is 25.8 Å². The molecular weight excluding hydrogens is 192 g/mol. The van der Waals surface area contributed by atoms with Crippen LogP contribution in [0.4, 0.5) is 0 Å². The Kier molecular flexibility index (Phi) is 5.05. The van der Waals surface area contributed by atoms with Crippen molar-refractivity contribution in [3.05, 3.63) is 0 Å². The number of hydrogen-bond acceptors (Lipinski definition) is 3. The summed E-state index contributed by atoms with van der Waals surface area (Å²) in [5.74, 6) is 0.919. The van der Waals surface area contributed by atoms with Gasteiger partial charge in [0, 0.05) is 27.2 Å². The van der Waals surface area contributed by atoms with Crippen LogP contribution in [-0.2, 0) is 9.53 Å². The second-order valence-corrected chi connectivity index (χ2v) is 4.43. The van der Waals surface area contributed by atoms with Crippen molar-refractivity contribution in [1.29, 1.82) is 0 Å². The molecule has 0 aliphatic heterocycles. The van der Waals surface area contributed by atoms with Crippen LogP contribution in [0.15, 0.2) is 0 Å². The Balaban J connectivity index is 1.95. The van der Waals surface area contributed by atoms with Crippen LogP contribution in [0, 0.1) is 5.92 Å². The molecule has 1 unspecified atom stereocenters. The van der Waals surface area contributed by atoms with Gasteiger partial charge in [0.05, 0.1) is 12.6 Å². The van der Waals surface area contributed by atoms with Crippen molar-refractivity contribution in [3.8, 4) is 0 Å². The Bertz CT molecular complexity index is 203. The maximum Gasteiger partial charge on any atom is 0.238 e. The van der Waals surface area contributed by atoms with Crippen LogP contribution in [0.1, 0.15) is 19.8 Å². The summed E-state index contributed by atoms with van der Waals surface area (Å²) in [5, 5.41) is 3.14. The summed E-state index contributed by atoms with van der Waals surface area (Å²) in [7, 11) is 3.54. The fourth-order valence-corrected chi connectivity index (χ4v) is 1.36. The summed E-state index contributed by atoms with van der Waals surface area (Å²) in [5.41, 5.74) is 0. The number of hydrogen-bond donors (Lipinski definition) is 1. The largest absolute Gasteiger partial charge is 0.380 e. The molecule has 0 saturated heterocycles. The lowest BCUT2D eigenvalue weighted by Gasteiger charge is -2.17. The minimum absolute atomic E-state index is 0.109. The van der Waals surface area contributed by atoms with Crippen LogP contribution in [0.25, 0.3) is 0 Å². The number of nitrogens with zero attached hydrogens (tertiary/aromatic N) is 1. The molecule has 1 aliphatic carbocycles. The van der Waals surface area contributed by atoms with Gasteiger partial charge in [0.1, 0.15) is 0 Å². The van der Waals surface area contributed by atoms with Crippen LogP contribution in [0.2, 0.25) is 0 Å². The van der Waals surface area contributed by atoms with E-state index < -0.39 is 0 Å². The second-order valence-electron chi connectivity index (χ2n) is 4.43. The number of carbonyl (C=O) groups is 1. The van der Waals surface area contributed by atoms with E-state index in [-0.39, 0.29) is 11.9 Å². The van der Waals surface area contributed by atoms with Crippen molar-refractivity contribution >= 4 is 5.91 Å². The van der Waals surface area contributed by atoms with Crippen LogP contribution >= 0.6 is 0 Å². The molecule has 0 spiro atoms. The van der Waals surface area contributed by atoms with E-state index in [0.717, 1.165) is 19.1 Å². The van der Waals surface area contributed by atoms with Crippen molar-refractivity contribution in [3.63, 3.8) is 0 Å². The smallest absolute Gasteiger partial charge is 0.238 e. The highest BCUT2D eigenvalue weighted by Gasteiger charge is 2.21. The highest BCUT2D eigenvalue weighted by Crippen LogP contribution is 2.28. The molecule has 1 atom stereocenters. The Hall–Kier alpha value is -0.610. The first kappa shape index (κ1) is 12.5. The molecule has 0 aromatic heterocycles. The Morgan fingerprint density at radius 2 is 2.20 bits per heavy atom. The maximum absolute atomic E-state index is 11.4. The van der Waals surface area contributed by atoms with Gasteiger partial charge in [-0.15, -0.1) is 0 Å². The fourth-order valence-electron chi connectivity index (χ4n) is 1.36. The number of ether oxygens (including phenoxy) is 1. The van der Waals surface area contributed by atoms with Gasteiger partial charge in [-0.05, 0) is 25.7 Å². The average Bonchev–Trinajstić information content (AvgIpc) is 2.99. The Morgan fingerprint density at radius 3 is 2.73 bits per heavy atom. The zero-order valence-electron chi connectivity index (χ0n) is 9.95. The summed E-state index contributed by atoms with van der Waals surface area (Å²) in [6, 6.07) is -0.121. The van der Waals surface area contributed by atoms with Gasteiger partial charge >= 0.3 is 0 Å². The van der Waals surface area contributed by atoms with E-state index >= 15 is 0 Å². The van der Waals surface area contributed by atoms with E-state index in [1.54, 1.807) is 19.0 Å². The highest BCUT2D eigenvalue weighted by molar-refractivity contribution is 5.80. The third-order valence-electron chi connectivity index (χ3n) is 2.56. The topological polar surface area (TPSA) is 41.6 Å². The molecule has 0 radical (unpaired) electrons. The molecule has 1 N–H and O–H groups in total. The lowest BCUT2D eigenvalue weighted by atomic mass is 10.3. The van der Waals surface area contributed by atoms with Crippen molar-refractivity contribution < 1.29 is 9.53 Å². The molecule has 1 rings (SSSR count). The van der Waals surface area contributed by atoms with E-state index in [9.17, 15) is 4.79 Å². The van der Waals surface area contributed by atoms with E-state index in [1.807, 2.05) is 6.92 Å². The normalized spacial score (nSPS) is 17.5. The number of likely N-dealkylation sites (N-methyl/N-ethyl adjacent to an activating group) is 1. The Morgan fingerprint density at radius 1 is 1.53 bits per heavy atom. The van der Waals surface area contributed by atoms with Gasteiger partial charge in [-0.1, -0.05) is 0 Å². The van der Waals surface area contributed by atoms with E-state index in [0.29, 0.717) is 6.61 Å². The third-order valence-corrected chi connectivity index (χ3v) is 2.56. The third kappa shape index (κ3) is 5.14. The average molecular weight is 214 g/mol. The first-order chi connectivity index (χ1) is 7.11. The molecule has 1 fully saturated rings. The molecule has 15 heavy (non-hydrogen) atoms. The van der Waals surface area contributed by atoms with Gasteiger partial charge in [0.2, 0.25) is 5.91 Å². The predicted octanol–water partition coefficient (Wildman–Crippen LogP) is 0.479. The monoisotopic (exact) mass is 214 g/mol. The SMILES string of the molecule is CC(NCCOCC1CC1)C(=O)N(C)C. The van der Waals surface area contributed by atoms with Gasteiger partial charge in [-0.2, -0.15) is 0 Å². The van der Waals surface area contributed by atoms with Gasteiger partial charge in [-0.3, -0.25) is 4.79 Å². The van der Waals surface area contributed by atoms with Crippen LogP contribution in [0.5, 0.6) is 0 Å². The van der Waals surface area contributed by atoms with Crippen LogP contribution < -0.4 is 5.32 Å². The standard InChI is InChI=1S/C11H22N2O2/c1-9(11(14)13(2)3)12-6-7-15-8-10-4-5-10/h9-10,12H,4-8H2,1-3H3. The number of carbonyl (C=O) groups excluding carboxylic acids is 1. The summed E-state index contributed by atoms with van der Waals surface area (Å²) in [4.78, 5) is 13.0. The predicted molar refractivity (Wildman–Crippen MR) is 59.7 cm³/mol. The Labute approximate surface area is 92.0 Å². The van der Waals surface area contributed by atoms with Gasteiger partial charge in [0.15, 0.2) is 0 Å². The summed E-state index contributed by atoms with van der Waals surface area (Å²) in [6.45, 7) is 4.20. The molecule has 1 amide bonds. The molecule has 0 heterocycles. The van der Waals surface area contributed by atoms with Crippen molar-refractivity contribution in [2.24, 2.45) is 5.92 Å². The zero-order chi connectivity index (χ0) is 11.3. The van der Waals surface area contributed by atoms with E-state index in [4.69, 9.17) is 4.74 Å². The molecule has 1 aliphatic rings. The van der Waals surface area contributed by atoms with Gasteiger partial charge < -0.3 is 15.0 Å². The molecule has 0 bridgehead atoms. The zero-order valence-corrected chi connectivity index (χ0v) is 9.95. The lowest BCUT2D eigenvalue weighted by Crippen LogP contribution is -2.42. The second kappa shape index (κ2) is 6.08.